The monoisotopic (exact) mass is 656 g/mol. The molecule has 1 fully saturated rings. The molecule has 0 saturated carbocycles. The molecule has 5 aromatic carbocycles. The first kappa shape index (κ1) is 33.7. The van der Waals surface area contributed by atoms with Crippen molar-refractivity contribution in [2.24, 2.45) is 0 Å². The number of aryl methyl sites for hydroxylation is 2. The first-order valence-electron chi connectivity index (χ1n) is 16.7. The van der Waals surface area contributed by atoms with Crippen molar-refractivity contribution < 1.29 is 14.6 Å². The summed E-state index contributed by atoms with van der Waals surface area (Å²) in [6.07, 6.45) is 1.50. The third-order valence-electron chi connectivity index (χ3n) is 9.11. The number of hydrogen-bond donors (Lipinski definition) is 3. The first-order valence-corrected chi connectivity index (χ1v) is 17.9. The molecule has 1 amide bonds. The Bertz CT molecular complexity index is 1680. The molecule has 6 heteroatoms. The van der Waals surface area contributed by atoms with E-state index in [0.29, 0.717) is 30.7 Å². The predicted molar refractivity (Wildman–Crippen MR) is 196 cm³/mol. The Balaban J connectivity index is 1.05. The van der Waals surface area contributed by atoms with E-state index in [0.717, 1.165) is 29.1 Å². The van der Waals surface area contributed by atoms with E-state index in [1.807, 2.05) is 103 Å². The average molecular weight is 657 g/mol. The minimum atomic E-state index is -1.50. The molecule has 1 saturated heterocycles. The van der Waals surface area contributed by atoms with Crippen LogP contribution in [0.2, 0.25) is 0 Å². The topological polar surface area (TPSA) is 70.6 Å². The van der Waals surface area contributed by atoms with Crippen LogP contribution in [0.25, 0.3) is 0 Å². The third-order valence-corrected chi connectivity index (χ3v) is 10.1. The SMILES string of the molecule is Cc1ccc(CSCCc2ccc(CO[C@H]3CN[C@H](C(=O)N[C@@H](c4ccccc4)C(O)(c4ccccc4)c4ccccc4)C3)cc2)cc1. The van der Waals surface area contributed by atoms with Gasteiger partial charge in [-0.1, -0.05) is 145 Å². The maximum absolute atomic E-state index is 13.9. The van der Waals surface area contributed by atoms with Crippen LogP contribution in [0, 0.1) is 6.92 Å². The van der Waals surface area contributed by atoms with E-state index in [-0.39, 0.29) is 12.0 Å². The molecular formula is C42H44N2O3S. The number of amides is 1. The molecular weight excluding hydrogens is 613 g/mol. The largest absolute Gasteiger partial charge is 0.378 e. The molecule has 0 aliphatic carbocycles. The van der Waals surface area contributed by atoms with Crippen molar-refractivity contribution in [1.29, 1.82) is 0 Å². The predicted octanol–water partition coefficient (Wildman–Crippen LogP) is 7.51. The molecule has 0 bridgehead atoms. The van der Waals surface area contributed by atoms with Crippen LogP contribution in [0.4, 0.5) is 0 Å². The number of aliphatic hydroxyl groups is 1. The number of carbonyl (C=O) groups is 1. The van der Waals surface area contributed by atoms with Crippen molar-refractivity contribution in [2.75, 3.05) is 12.3 Å². The van der Waals surface area contributed by atoms with Crippen LogP contribution in [-0.2, 0) is 33.9 Å². The Morgan fingerprint density at radius 2 is 1.38 bits per heavy atom. The Labute approximate surface area is 288 Å². The molecule has 246 valence electrons. The van der Waals surface area contributed by atoms with E-state index in [9.17, 15) is 9.90 Å². The van der Waals surface area contributed by atoms with Crippen LogP contribution >= 0.6 is 11.8 Å². The minimum absolute atomic E-state index is 0.0871. The summed E-state index contributed by atoms with van der Waals surface area (Å²) in [5.74, 6) is 1.96. The van der Waals surface area contributed by atoms with Crippen molar-refractivity contribution in [3.8, 4) is 0 Å². The Morgan fingerprint density at radius 1 is 0.812 bits per heavy atom. The highest BCUT2D eigenvalue weighted by molar-refractivity contribution is 7.98. The number of rotatable bonds is 14. The lowest BCUT2D eigenvalue weighted by Crippen LogP contribution is -2.49. The van der Waals surface area contributed by atoms with Crippen LogP contribution in [0.5, 0.6) is 0 Å². The summed E-state index contributed by atoms with van der Waals surface area (Å²) >= 11 is 1.96. The van der Waals surface area contributed by atoms with Gasteiger partial charge in [-0.3, -0.25) is 4.79 Å². The maximum Gasteiger partial charge on any atom is 0.237 e. The Morgan fingerprint density at radius 3 is 2.00 bits per heavy atom. The summed E-state index contributed by atoms with van der Waals surface area (Å²) in [7, 11) is 0. The van der Waals surface area contributed by atoms with Gasteiger partial charge in [0.25, 0.3) is 0 Å². The zero-order valence-corrected chi connectivity index (χ0v) is 28.2. The lowest BCUT2D eigenvalue weighted by atomic mass is 9.77. The van der Waals surface area contributed by atoms with Crippen LogP contribution in [0.1, 0.15) is 51.4 Å². The molecule has 1 aliphatic rings. The van der Waals surface area contributed by atoms with Gasteiger partial charge in [0.05, 0.1) is 24.8 Å². The van der Waals surface area contributed by atoms with Crippen molar-refractivity contribution >= 4 is 17.7 Å². The van der Waals surface area contributed by atoms with E-state index in [4.69, 9.17) is 4.74 Å². The molecule has 1 aliphatic heterocycles. The van der Waals surface area contributed by atoms with Gasteiger partial charge in [0.2, 0.25) is 5.91 Å². The van der Waals surface area contributed by atoms with E-state index < -0.39 is 17.7 Å². The van der Waals surface area contributed by atoms with E-state index in [1.165, 1.54) is 16.7 Å². The molecule has 0 aromatic heterocycles. The molecule has 5 nitrogen and oxygen atoms in total. The van der Waals surface area contributed by atoms with E-state index in [1.54, 1.807) is 0 Å². The van der Waals surface area contributed by atoms with Gasteiger partial charge in [0.15, 0.2) is 0 Å². The van der Waals surface area contributed by atoms with E-state index >= 15 is 0 Å². The van der Waals surface area contributed by atoms with Crippen LogP contribution in [0.15, 0.2) is 140 Å². The second-order valence-corrected chi connectivity index (χ2v) is 13.7. The summed E-state index contributed by atoms with van der Waals surface area (Å²) in [5, 5.41) is 19.2. The Kier molecular flexibility index (Phi) is 11.4. The number of thioether (sulfide) groups is 1. The summed E-state index contributed by atoms with van der Waals surface area (Å²) in [4.78, 5) is 13.9. The molecule has 0 spiro atoms. The number of ether oxygens (including phenoxy) is 1. The van der Waals surface area contributed by atoms with Gasteiger partial charge in [0.1, 0.15) is 5.60 Å². The highest BCUT2D eigenvalue weighted by Gasteiger charge is 2.43. The van der Waals surface area contributed by atoms with Gasteiger partial charge in [0, 0.05) is 12.3 Å². The standard InChI is InChI=1S/C42H44N2O3S/c1-31-17-19-34(20-18-31)30-48-26-25-32-21-23-33(24-22-32)29-47-38-27-39(43-28-38)41(45)44-40(35-11-5-2-6-12-35)42(46,36-13-7-3-8-14-36)37-15-9-4-10-16-37/h2-24,38-40,43,46H,25-30H2,1H3,(H,44,45)/t38-,39+,40+/m1/s1. The molecule has 48 heavy (non-hydrogen) atoms. The number of benzene rings is 5. The first-order chi connectivity index (χ1) is 23.5. The van der Waals surface area contributed by atoms with Gasteiger partial charge in [-0.2, -0.15) is 11.8 Å². The third kappa shape index (κ3) is 8.44. The molecule has 3 N–H and O–H groups in total. The van der Waals surface area contributed by atoms with Crippen molar-refractivity contribution in [2.45, 2.75) is 55.9 Å². The summed E-state index contributed by atoms with van der Waals surface area (Å²) in [5.41, 5.74) is 5.85. The molecule has 1 heterocycles. The quantitative estimate of drug-likeness (QED) is 0.108. The number of hydrogen-bond acceptors (Lipinski definition) is 5. The lowest BCUT2D eigenvalue weighted by molar-refractivity contribution is -0.125. The maximum atomic E-state index is 13.9. The van der Waals surface area contributed by atoms with Gasteiger partial charge in [-0.25, -0.2) is 0 Å². The molecule has 3 atom stereocenters. The van der Waals surface area contributed by atoms with Gasteiger partial charge in [-0.05, 0) is 58.9 Å². The second kappa shape index (κ2) is 16.3. The van der Waals surface area contributed by atoms with E-state index in [2.05, 4.69) is 66.1 Å². The minimum Gasteiger partial charge on any atom is -0.378 e. The molecule has 0 radical (unpaired) electrons. The normalized spacial score (nSPS) is 16.8. The highest BCUT2D eigenvalue weighted by atomic mass is 32.2. The molecule has 0 unspecified atom stereocenters. The second-order valence-electron chi connectivity index (χ2n) is 12.6. The number of carbonyl (C=O) groups excluding carboxylic acids is 1. The fourth-order valence-electron chi connectivity index (χ4n) is 6.31. The van der Waals surface area contributed by atoms with Gasteiger partial charge < -0.3 is 20.5 Å². The highest BCUT2D eigenvalue weighted by Crippen LogP contribution is 2.41. The van der Waals surface area contributed by atoms with Crippen LogP contribution in [0.3, 0.4) is 0 Å². The van der Waals surface area contributed by atoms with Crippen LogP contribution in [-0.4, -0.2) is 35.5 Å². The van der Waals surface area contributed by atoms with Crippen LogP contribution < -0.4 is 10.6 Å². The fourth-order valence-corrected chi connectivity index (χ4v) is 7.26. The molecule has 6 rings (SSSR count). The lowest BCUT2D eigenvalue weighted by Gasteiger charge is -2.38. The summed E-state index contributed by atoms with van der Waals surface area (Å²) in [6.45, 7) is 3.21. The van der Waals surface area contributed by atoms with Crippen molar-refractivity contribution in [3.05, 3.63) is 178 Å². The average Bonchev–Trinajstić information content (AvgIpc) is 3.63. The van der Waals surface area contributed by atoms with Crippen molar-refractivity contribution in [3.63, 3.8) is 0 Å². The molecule has 5 aromatic rings. The summed E-state index contributed by atoms with van der Waals surface area (Å²) in [6, 6.07) is 45.1. The number of nitrogens with one attached hydrogen (secondary N) is 2. The summed E-state index contributed by atoms with van der Waals surface area (Å²) < 4.78 is 6.26. The van der Waals surface area contributed by atoms with Gasteiger partial charge >= 0.3 is 0 Å². The smallest absolute Gasteiger partial charge is 0.237 e. The van der Waals surface area contributed by atoms with Crippen molar-refractivity contribution in [1.82, 2.24) is 10.6 Å². The fraction of sp³-hybridized carbons (Fsp3) is 0.262. The zero-order chi connectivity index (χ0) is 33.2. The zero-order valence-electron chi connectivity index (χ0n) is 27.4. The van der Waals surface area contributed by atoms with Gasteiger partial charge in [-0.15, -0.1) is 0 Å². The Hall–Kier alpha value is -4.20.